The number of carbonyl (C=O) groups excluding carboxylic acids is 3. The topological polar surface area (TPSA) is 88.6 Å². The molecule has 34 heavy (non-hydrogen) atoms. The number of halogens is 2. The predicted octanol–water partition coefficient (Wildman–Crippen LogP) is 3.83. The standard InChI is InChI=1S/C25H21ClFN3O4/c1-30-21-6-4-16(24(32)29-13-15-7-8-28-22(11-15)34-2)12-17(21)23(31)18(25(30)33)9-14-3-5-19(26)20(27)10-14/h3-8,10-12,18H,9,13H2,1-2H3,(H,29,32). The number of pyridine rings is 1. The molecule has 2 amide bonds. The van der Waals surface area contributed by atoms with Gasteiger partial charge in [0.05, 0.1) is 17.8 Å². The molecule has 0 aliphatic carbocycles. The molecule has 0 saturated heterocycles. The molecule has 2 heterocycles. The van der Waals surface area contributed by atoms with E-state index in [1.807, 2.05) is 0 Å². The molecule has 1 atom stereocenters. The van der Waals surface area contributed by atoms with E-state index in [2.05, 4.69) is 10.3 Å². The second kappa shape index (κ2) is 9.61. The van der Waals surface area contributed by atoms with Crippen molar-refractivity contribution in [3.63, 3.8) is 0 Å². The molecule has 2 aromatic carbocycles. The summed E-state index contributed by atoms with van der Waals surface area (Å²) in [6.45, 7) is 0.242. The summed E-state index contributed by atoms with van der Waals surface area (Å²) in [6, 6.07) is 12.3. The Balaban J connectivity index is 1.55. The monoisotopic (exact) mass is 481 g/mol. The number of fused-ring (bicyclic) bond motifs is 1. The number of methoxy groups -OCH3 is 1. The zero-order valence-corrected chi connectivity index (χ0v) is 19.2. The number of ether oxygens (including phenoxy) is 1. The lowest BCUT2D eigenvalue weighted by atomic mass is 9.85. The Hall–Kier alpha value is -3.78. The van der Waals surface area contributed by atoms with Crippen LogP contribution in [0.5, 0.6) is 5.88 Å². The number of nitrogens with zero attached hydrogens (tertiary/aromatic N) is 2. The van der Waals surface area contributed by atoms with Crippen LogP contribution in [-0.4, -0.2) is 36.7 Å². The fraction of sp³-hybridized carbons (Fsp3) is 0.200. The van der Waals surface area contributed by atoms with Crippen LogP contribution >= 0.6 is 11.6 Å². The van der Waals surface area contributed by atoms with Crippen molar-refractivity contribution in [3.05, 3.63) is 87.8 Å². The van der Waals surface area contributed by atoms with Crippen LogP contribution in [0.1, 0.15) is 31.8 Å². The van der Waals surface area contributed by atoms with Crippen molar-refractivity contribution in [2.45, 2.75) is 13.0 Å². The molecule has 7 nitrogen and oxygen atoms in total. The number of benzene rings is 2. The molecule has 4 rings (SSSR count). The average Bonchev–Trinajstić information content (AvgIpc) is 2.85. The normalized spacial score (nSPS) is 15.2. The minimum atomic E-state index is -1.03. The second-order valence-corrected chi connectivity index (χ2v) is 8.29. The molecule has 1 unspecified atom stereocenters. The van der Waals surface area contributed by atoms with E-state index in [9.17, 15) is 18.8 Å². The summed E-state index contributed by atoms with van der Waals surface area (Å²) in [5.74, 6) is -2.39. The Bertz CT molecular complexity index is 1300. The summed E-state index contributed by atoms with van der Waals surface area (Å²) < 4.78 is 18.9. The van der Waals surface area contributed by atoms with E-state index in [-0.39, 0.29) is 35.0 Å². The van der Waals surface area contributed by atoms with Crippen molar-refractivity contribution in [2.75, 3.05) is 19.1 Å². The minimum absolute atomic E-state index is 0.0236. The number of nitrogens with one attached hydrogen (secondary N) is 1. The highest BCUT2D eigenvalue weighted by Gasteiger charge is 2.38. The van der Waals surface area contributed by atoms with Crippen LogP contribution in [0.4, 0.5) is 10.1 Å². The SMILES string of the molecule is COc1cc(CNC(=O)c2ccc3c(c2)C(=O)C(Cc2ccc(Cl)c(F)c2)C(=O)N3C)ccn1. The van der Waals surface area contributed by atoms with Gasteiger partial charge in [-0.25, -0.2) is 9.37 Å². The molecule has 1 aromatic heterocycles. The fourth-order valence-electron chi connectivity index (χ4n) is 3.86. The highest BCUT2D eigenvalue weighted by Crippen LogP contribution is 2.32. The average molecular weight is 482 g/mol. The van der Waals surface area contributed by atoms with Crippen LogP contribution in [0, 0.1) is 11.7 Å². The quantitative estimate of drug-likeness (QED) is 0.540. The zero-order valence-electron chi connectivity index (χ0n) is 18.5. The van der Waals surface area contributed by atoms with Gasteiger partial charge in [0.1, 0.15) is 11.7 Å². The third kappa shape index (κ3) is 4.63. The molecular weight excluding hydrogens is 461 g/mol. The highest BCUT2D eigenvalue weighted by molar-refractivity contribution is 6.30. The largest absolute Gasteiger partial charge is 0.481 e. The third-order valence-corrected chi connectivity index (χ3v) is 6.02. The van der Waals surface area contributed by atoms with Gasteiger partial charge in [-0.1, -0.05) is 17.7 Å². The number of amides is 2. The van der Waals surface area contributed by atoms with Crippen LogP contribution in [0.3, 0.4) is 0 Å². The van der Waals surface area contributed by atoms with E-state index >= 15 is 0 Å². The number of anilines is 1. The number of hydrogen-bond acceptors (Lipinski definition) is 5. The van der Waals surface area contributed by atoms with Crippen molar-refractivity contribution < 1.29 is 23.5 Å². The lowest BCUT2D eigenvalue weighted by molar-refractivity contribution is -0.121. The summed E-state index contributed by atoms with van der Waals surface area (Å²) in [5, 5.41) is 2.77. The first-order valence-corrected chi connectivity index (χ1v) is 10.8. The molecule has 9 heteroatoms. The Morgan fingerprint density at radius 1 is 1.15 bits per heavy atom. The Kier molecular flexibility index (Phi) is 6.61. The van der Waals surface area contributed by atoms with Crippen LogP contribution in [0.25, 0.3) is 0 Å². The summed E-state index contributed by atoms with van der Waals surface area (Å²) in [7, 11) is 3.08. The summed E-state index contributed by atoms with van der Waals surface area (Å²) in [4.78, 5) is 44.3. The Morgan fingerprint density at radius 2 is 1.94 bits per heavy atom. The molecule has 174 valence electrons. The zero-order chi connectivity index (χ0) is 24.4. The van der Waals surface area contributed by atoms with E-state index in [0.29, 0.717) is 17.1 Å². The van der Waals surface area contributed by atoms with Crippen molar-refractivity contribution in [1.82, 2.24) is 10.3 Å². The van der Waals surface area contributed by atoms with E-state index < -0.39 is 23.4 Å². The van der Waals surface area contributed by atoms with Crippen LogP contribution in [0.2, 0.25) is 5.02 Å². The number of carbonyl (C=O) groups is 3. The van der Waals surface area contributed by atoms with Gasteiger partial charge in [-0.15, -0.1) is 0 Å². The summed E-state index contributed by atoms with van der Waals surface area (Å²) in [5.41, 5.74) is 2.25. The van der Waals surface area contributed by atoms with Gasteiger partial charge in [0.15, 0.2) is 5.78 Å². The lowest BCUT2D eigenvalue weighted by Crippen LogP contribution is -2.43. The van der Waals surface area contributed by atoms with Gasteiger partial charge in [0, 0.05) is 37.0 Å². The van der Waals surface area contributed by atoms with Crippen LogP contribution in [0.15, 0.2) is 54.7 Å². The lowest BCUT2D eigenvalue weighted by Gasteiger charge is -2.31. The Morgan fingerprint density at radius 3 is 2.68 bits per heavy atom. The highest BCUT2D eigenvalue weighted by atomic mass is 35.5. The second-order valence-electron chi connectivity index (χ2n) is 7.89. The van der Waals surface area contributed by atoms with Crippen molar-refractivity contribution in [3.8, 4) is 5.88 Å². The molecule has 1 aliphatic heterocycles. The molecule has 1 N–H and O–H groups in total. The van der Waals surface area contributed by atoms with E-state index in [1.165, 1.54) is 30.2 Å². The fourth-order valence-corrected chi connectivity index (χ4v) is 3.98. The molecule has 0 bridgehead atoms. The van der Waals surface area contributed by atoms with Crippen molar-refractivity contribution >= 4 is 34.9 Å². The maximum atomic E-state index is 13.9. The van der Waals surface area contributed by atoms with E-state index in [4.69, 9.17) is 16.3 Å². The first kappa shape index (κ1) is 23.4. The van der Waals surface area contributed by atoms with Gasteiger partial charge >= 0.3 is 0 Å². The molecule has 1 aliphatic rings. The number of rotatable bonds is 6. The maximum Gasteiger partial charge on any atom is 0.251 e. The third-order valence-electron chi connectivity index (χ3n) is 5.72. The Labute approximate surface area is 200 Å². The predicted molar refractivity (Wildman–Crippen MR) is 125 cm³/mol. The van der Waals surface area contributed by atoms with Crippen molar-refractivity contribution in [2.24, 2.45) is 5.92 Å². The van der Waals surface area contributed by atoms with Gasteiger partial charge in [0.2, 0.25) is 11.8 Å². The smallest absolute Gasteiger partial charge is 0.251 e. The van der Waals surface area contributed by atoms with E-state index in [0.717, 1.165) is 5.56 Å². The molecular formula is C25H21ClFN3O4. The molecule has 0 radical (unpaired) electrons. The summed E-state index contributed by atoms with van der Waals surface area (Å²) >= 11 is 5.73. The van der Waals surface area contributed by atoms with Gasteiger partial charge in [-0.3, -0.25) is 14.4 Å². The number of aromatic nitrogens is 1. The first-order chi connectivity index (χ1) is 16.3. The van der Waals surface area contributed by atoms with Gasteiger partial charge in [-0.2, -0.15) is 0 Å². The number of hydrogen-bond donors (Lipinski definition) is 1. The molecule has 3 aromatic rings. The molecule has 0 fully saturated rings. The number of Topliss-reactive ketones (excluding diaryl/α,β-unsaturated/α-hetero) is 1. The van der Waals surface area contributed by atoms with Crippen LogP contribution < -0.4 is 15.0 Å². The van der Waals surface area contributed by atoms with Gasteiger partial charge < -0.3 is 15.0 Å². The molecule has 0 saturated carbocycles. The number of ketones is 1. The maximum absolute atomic E-state index is 13.9. The van der Waals surface area contributed by atoms with Gasteiger partial charge in [0.25, 0.3) is 5.91 Å². The van der Waals surface area contributed by atoms with E-state index in [1.54, 1.807) is 43.6 Å². The minimum Gasteiger partial charge on any atom is -0.481 e. The summed E-state index contributed by atoms with van der Waals surface area (Å²) in [6.07, 6.45) is 1.60. The van der Waals surface area contributed by atoms with Gasteiger partial charge in [-0.05, 0) is 53.9 Å². The van der Waals surface area contributed by atoms with Crippen molar-refractivity contribution in [1.29, 1.82) is 0 Å². The van der Waals surface area contributed by atoms with Crippen LogP contribution in [-0.2, 0) is 17.8 Å². The first-order valence-electron chi connectivity index (χ1n) is 10.5. The molecule has 0 spiro atoms.